The molecule has 5 heteroatoms. The second-order valence-corrected chi connectivity index (χ2v) is 6.17. The highest BCUT2D eigenvalue weighted by molar-refractivity contribution is 6.02. The van der Waals surface area contributed by atoms with Crippen LogP contribution < -0.4 is 10.6 Å². The zero-order chi connectivity index (χ0) is 14.9. The van der Waals surface area contributed by atoms with Gasteiger partial charge in [-0.2, -0.15) is 0 Å². The average molecular weight is 289 g/mol. The van der Waals surface area contributed by atoms with Crippen molar-refractivity contribution in [2.45, 2.75) is 31.3 Å². The molecule has 1 aromatic rings. The number of para-hydroxylation sites is 1. The van der Waals surface area contributed by atoms with Crippen molar-refractivity contribution in [3.63, 3.8) is 0 Å². The lowest BCUT2D eigenvalue weighted by Gasteiger charge is -2.30. The zero-order valence-corrected chi connectivity index (χ0v) is 12.5. The molecule has 0 atom stereocenters. The Morgan fingerprint density at radius 3 is 2.76 bits per heavy atom. The molecule has 0 radical (unpaired) electrons. The van der Waals surface area contributed by atoms with Crippen molar-refractivity contribution in [2.24, 2.45) is 0 Å². The molecule has 1 amide bonds. The number of amides is 1. The summed E-state index contributed by atoms with van der Waals surface area (Å²) in [6.45, 7) is 2.08. The van der Waals surface area contributed by atoms with E-state index in [2.05, 4.69) is 10.6 Å². The van der Waals surface area contributed by atoms with E-state index < -0.39 is 5.60 Å². The van der Waals surface area contributed by atoms with E-state index in [1.807, 2.05) is 18.2 Å². The molecule has 0 unspecified atom stereocenters. The van der Waals surface area contributed by atoms with E-state index >= 15 is 0 Å². The monoisotopic (exact) mass is 289 g/mol. The van der Waals surface area contributed by atoms with Gasteiger partial charge in [-0.25, -0.2) is 0 Å². The van der Waals surface area contributed by atoms with Crippen molar-refractivity contribution < 1.29 is 9.90 Å². The van der Waals surface area contributed by atoms with Gasteiger partial charge in [-0.05, 0) is 25.0 Å². The van der Waals surface area contributed by atoms with Crippen molar-refractivity contribution >= 4 is 17.3 Å². The SMILES string of the molecule is CN(CC1(O)CCCC1)C(=O)c1cccc2c1NCCN2. The van der Waals surface area contributed by atoms with Gasteiger partial charge in [0.1, 0.15) is 0 Å². The fraction of sp³-hybridized carbons (Fsp3) is 0.562. The molecule has 3 N–H and O–H groups in total. The van der Waals surface area contributed by atoms with Crippen LogP contribution in [-0.2, 0) is 0 Å². The van der Waals surface area contributed by atoms with Crippen molar-refractivity contribution in [3.05, 3.63) is 23.8 Å². The summed E-state index contributed by atoms with van der Waals surface area (Å²) >= 11 is 0. The Hall–Kier alpha value is -1.75. The van der Waals surface area contributed by atoms with Crippen LogP contribution in [0.3, 0.4) is 0 Å². The molecular formula is C16H23N3O2. The topological polar surface area (TPSA) is 64.6 Å². The molecule has 3 rings (SSSR count). The van der Waals surface area contributed by atoms with Crippen LogP contribution >= 0.6 is 0 Å². The number of fused-ring (bicyclic) bond motifs is 1. The Labute approximate surface area is 125 Å². The molecule has 114 valence electrons. The number of nitrogens with one attached hydrogen (secondary N) is 2. The van der Waals surface area contributed by atoms with Crippen LogP contribution in [0.2, 0.25) is 0 Å². The summed E-state index contributed by atoms with van der Waals surface area (Å²) in [5.41, 5.74) is 1.81. The molecule has 0 bridgehead atoms. The maximum atomic E-state index is 12.7. The number of hydrogen-bond acceptors (Lipinski definition) is 4. The van der Waals surface area contributed by atoms with Crippen molar-refractivity contribution in [1.29, 1.82) is 0 Å². The predicted octanol–water partition coefficient (Wildman–Crippen LogP) is 1.90. The van der Waals surface area contributed by atoms with Gasteiger partial charge in [0, 0.05) is 26.7 Å². The van der Waals surface area contributed by atoms with E-state index in [-0.39, 0.29) is 5.91 Å². The number of carbonyl (C=O) groups excluding carboxylic acids is 1. The van der Waals surface area contributed by atoms with Crippen LogP contribution in [0, 0.1) is 0 Å². The third-order valence-electron chi connectivity index (χ3n) is 4.45. The minimum absolute atomic E-state index is 0.0385. The molecule has 1 aliphatic heterocycles. The fourth-order valence-electron chi connectivity index (χ4n) is 3.36. The second-order valence-electron chi connectivity index (χ2n) is 6.17. The number of aliphatic hydroxyl groups is 1. The summed E-state index contributed by atoms with van der Waals surface area (Å²) in [5, 5.41) is 17.1. The first kappa shape index (κ1) is 14.2. The first-order valence-corrected chi connectivity index (χ1v) is 7.68. The summed E-state index contributed by atoms with van der Waals surface area (Å²) in [6.07, 6.45) is 3.67. The van der Waals surface area contributed by atoms with E-state index in [9.17, 15) is 9.90 Å². The van der Waals surface area contributed by atoms with Gasteiger partial charge in [0.25, 0.3) is 5.91 Å². The van der Waals surface area contributed by atoms with Gasteiger partial charge in [0.05, 0.1) is 22.5 Å². The number of hydrogen-bond donors (Lipinski definition) is 3. The Kier molecular flexibility index (Phi) is 3.76. The second kappa shape index (κ2) is 5.56. The van der Waals surface area contributed by atoms with Gasteiger partial charge in [-0.15, -0.1) is 0 Å². The minimum Gasteiger partial charge on any atom is -0.388 e. The predicted molar refractivity (Wildman–Crippen MR) is 83.8 cm³/mol. The lowest BCUT2D eigenvalue weighted by molar-refractivity contribution is 0.0157. The quantitative estimate of drug-likeness (QED) is 0.795. The van der Waals surface area contributed by atoms with Gasteiger partial charge in [0.2, 0.25) is 0 Å². The summed E-state index contributed by atoms with van der Waals surface area (Å²) in [4.78, 5) is 14.3. The van der Waals surface area contributed by atoms with Crippen LogP contribution in [0.4, 0.5) is 11.4 Å². The van der Waals surface area contributed by atoms with Crippen LogP contribution in [0.15, 0.2) is 18.2 Å². The molecule has 0 aromatic heterocycles. The lowest BCUT2D eigenvalue weighted by atomic mass is 10.0. The number of nitrogens with zero attached hydrogens (tertiary/aromatic N) is 1. The van der Waals surface area contributed by atoms with E-state index in [1.165, 1.54) is 0 Å². The number of likely N-dealkylation sites (N-methyl/N-ethyl adjacent to an activating group) is 1. The smallest absolute Gasteiger partial charge is 0.255 e. The molecule has 0 saturated heterocycles. The molecule has 0 spiro atoms. The molecule has 2 aliphatic rings. The molecule has 5 nitrogen and oxygen atoms in total. The van der Waals surface area contributed by atoms with Crippen molar-refractivity contribution in [1.82, 2.24) is 4.90 Å². The normalized spacial score (nSPS) is 19.3. The van der Waals surface area contributed by atoms with Crippen LogP contribution in [-0.4, -0.2) is 48.2 Å². The van der Waals surface area contributed by atoms with Gasteiger partial charge in [0.15, 0.2) is 0 Å². The third kappa shape index (κ3) is 2.83. The summed E-state index contributed by atoms with van der Waals surface area (Å²) in [6, 6.07) is 5.71. The Balaban J connectivity index is 1.78. The Bertz CT molecular complexity index is 538. The molecular weight excluding hydrogens is 266 g/mol. The Morgan fingerprint density at radius 1 is 1.29 bits per heavy atom. The molecule has 1 saturated carbocycles. The van der Waals surface area contributed by atoms with Crippen LogP contribution in [0.1, 0.15) is 36.0 Å². The van der Waals surface area contributed by atoms with E-state index in [0.29, 0.717) is 12.1 Å². The third-order valence-corrected chi connectivity index (χ3v) is 4.45. The number of anilines is 2. The molecule has 21 heavy (non-hydrogen) atoms. The van der Waals surface area contributed by atoms with Gasteiger partial charge in [-0.3, -0.25) is 4.79 Å². The maximum Gasteiger partial charge on any atom is 0.255 e. The molecule has 1 aromatic carbocycles. The van der Waals surface area contributed by atoms with Crippen molar-refractivity contribution in [3.8, 4) is 0 Å². The number of benzene rings is 1. The van der Waals surface area contributed by atoms with Gasteiger partial charge >= 0.3 is 0 Å². The van der Waals surface area contributed by atoms with E-state index in [0.717, 1.165) is 50.1 Å². The van der Waals surface area contributed by atoms with Crippen LogP contribution in [0.5, 0.6) is 0 Å². The summed E-state index contributed by atoms with van der Waals surface area (Å²) in [7, 11) is 1.77. The highest BCUT2D eigenvalue weighted by Gasteiger charge is 2.34. The largest absolute Gasteiger partial charge is 0.388 e. The number of rotatable bonds is 3. The molecule has 1 heterocycles. The van der Waals surface area contributed by atoms with E-state index in [1.54, 1.807) is 11.9 Å². The zero-order valence-electron chi connectivity index (χ0n) is 12.5. The van der Waals surface area contributed by atoms with E-state index in [4.69, 9.17) is 0 Å². The average Bonchev–Trinajstić information content (AvgIpc) is 2.92. The molecule has 1 aliphatic carbocycles. The van der Waals surface area contributed by atoms with Crippen molar-refractivity contribution in [2.75, 3.05) is 37.3 Å². The Morgan fingerprint density at radius 2 is 2.00 bits per heavy atom. The highest BCUT2D eigenvalue weighted by Crippen LogP contribution is 2.32. The maximum absolute atomic E-state index is 12.7. The fourth-order valence-corrected chi connectivity index (χ4v) is 3.36. The lowest BCUT2D eigenvalue weighted by Crippen LogP contribution is -2.42. The summed E-state index contributed by atoms with van der Waals surface area (Å²) in [5.74, 6) is -0.0385. The first-order valence-electron chi connectivity index (χ1n) is 7.68. The first-order chi connectivity index (χ1) is 10.1. The highest BCUT2D eigenvalue weighted by atomic mass is 16.3. The van der Waals surface area contributed by atoms with Gasteiger partial charge < -0.3 is 20.6 Å². The standard InChI is InChI=1S/C16H23N3O2/c1-19(11-16(21)7-2-3-8-16)15(20)12-5-4-6-13-14(12)18-10-9-17-13/h4-6,17-18,21H,2-3,7-11H2,1H3. The van der Waals surface area contributed by atoms with Gasteiger partial charge in [-0.1, -0.05) is 18.9 Å². The number of carbonyl (C=O) groups is 1. The summed E-state index contributed by atoms with van der Waals surface area (Å²) < 4.78 is 0. The van der Waals surface area contributed by atoms with Crippen LogP contribution in [0.25, 0.3) is 0 Å². The molecule has 1 fully saturated rings. The minimum atomic E-state index is -0.703.